The summed E-state index contributed by atoms with van der Waals surface area (Å²) in [6.45, 7) is 0.578. The van der Waals surface area contributed by atoms with Crippen LogP contribution in [0.3, 0.4) is 0 Å². The van der Waals surface area contributed by atoms with Crippen LogP contribution in [0.1, 0.15) is 61.4 Å². The first-order valence-corrected chi connectivity index (χ1v) is 8.02. The first-order chi connectivity index (χ1) is 9.33. The highest BCUT2D eigenvalue weighted by Crippen LogP contribution is 2.50. The molecule has 0 amide bonds. The molecule has 4 rings (SSSR count). The van der Waals surface area contributed by atoms with Gasteiger partial charge in [0.25, 0.3) is 0 Å². The van der Waals surface area contributed by atoms with Crippen LogP contribution in [0.15, 0.2) is 12.1 Å². The van der Waals surface area contributed by atoms with E-state index in [0.29, 0.717) is 6.54 Å². The van der Waals surface area contributed by atoms with Crippen LogP contribution in [-0.2, 0) is 13.0 Å². The highest BCUT2D eigenvalue weighted by Gasteiger charge is 2.40. The molecule has 0 aliphatic heterocycles. The standard InChI is InChI=1S/C17H24N2/c18-10-15-5-6-16(12-3-4-12)17(19-15)9-14-8-11-1-2-13(14)7-11/h5-6,11-14H,1-4,7-10,18H2/t11-,13-,14?/m1/s1. The van der Waals surface area contributed by atoms with Gasteiger partial charge in [-0.05, 0) is 73.8 Å². The Hall–Kier alpha value is -0.890. The Morgan fingerprint density at radius 2 is 2.00 bits per heavy atom. The SMILES string of the molecule is NCc1ccc(C2CC2)c(CC2C[C@@H]3CC[C@@H]2C3)n1. The molecule has 1 aromatic rings. The Morgan fingerprint density at radius 1 is 1.11 bits per heavy atom. The fourth-order valence-corrected chi connectivity index (χ4v) is 4.48. The van der Waals surface area contributed by atoms with Crippen LogP contribution in [-0.4, -0.2) is 4.98 Å². The van der Waals surface area contributed by atoms with Crippen molar-refractivity contribution in [3.63, 3.8) is 0 Å². The lowest BCUT2D eigenvalue weighted by Crippen LogP contribution is -2.16. The van der Waals surface area contributed by atoms with Crippen LogP contribution in [0, 0.1) is 17.8 Å². The fraction of sp³-hybridized carbons (Fsp3) is 0.706. The summed E-state index contributed by atoms with van der Waals surface area (Å²) in [5.41, 5.74) is 9.77. The number of hydrogen-bond donors (Lipinski definition) is 1. The molecule has 0 saturated heterocycles. The summed E-state index contributed by atoms with van der Waals surface area (Å²) in [6.07, 6.45) is 9.89. The Bertz CT molecular complexity index is 478. The Kier molecular flexibility index (Phi) is 2.87. The van der Waals surface area contributed by atoms with Gasteiger partial charge in [0, 0.05) is 12.2 Å². The highest BCUT2D eigenvalue weighted by molar-refractivity contribution is 5.30. The lowest BCUT2D eigenvalue weighted by Gasteiger charge is -2.22. The molecule has 3 aliphatic carbocycles. The van der Waals surface area contributed by atoms with E-state index in [1.807, 2.05) is 0 Å². The Morgan fingerprint density at radius 3 is 2.63 bits per heavy atom. The maximum absolute atomic E-state index is 5.77. The van der Waals surface area contributed by atoms with E-state index >= 15 is 0 Å². The van der Waals surface area contributed by atoms with E-state index in [0.717, 1.165) is 29.4 Å². The summed E-state index contributed by atoms with van der Waals surface area (Å²) in [5, 5.41) is 0. The maximum Gasteiger partial charge on any atom is 0.0543 e. The van der Waals surface area contributed by atoms with Crippen molar-refractivity contribution in [1.29, 1.82) is 0 Å². The fourth-order valence-electron chi connectivity index (χ4n) is 4.48. The van der Waals surface area contributed by atoms with Crippen LogP contribution in [0.4, 0.5) is 0 Å². The third-order valence-electron chi connectivity index (χ3n) is 5.63. The van der Waals surface area contributed by atoms with E-state index in [-0.39, 0.29) is 0 Å². The van der Waals surface area contributed by atoms with Crippen molar-refractivity contribution in [2.75, 3.05) is 0 Å². The van der Waals surface area contributed by atoms with E-state index in [2.05, 4.69) is 12.1 Å². The minimum atomic E-state index is 0.578. The number of nitrogens with two attached hydrogens (primary N) is 1. The monoisotopic (exact) mass is 256 g/mol. The first kappa shape index (κ1) is 11.9. The summed E-state index contributed by atoms with van der Waals surface area (Å²) in [4.78, 5) is 4.87. The van der Waals surface area contributed by atoms with Gasteiger partial charge >= 0.3 is 0 Å². The van der Waals surface area contributed by atoms with Crippen LogP contribution in [0.2, 0.25) is 0 Å². The van der Waals surface area contributed by atoms with Crippen LogP contribution >= 0.6 is 0 Å². The molecule has 1 heterocycles. The number of aromatic nitrogens is 1. The zero-order valence-electron chi connectivity index (χ0n) is 11.6. The van der Waals surface area contributed by atoms with Gasteiger partial charge in [0.1, 0.15) is 0 Å². The second-order valence-electron chi connectivity index (χ2n) is 6.96. The number of fused-ring (bicyclic) bond motifs is 2. The molecule has 2 N–H and O–H groups in total. The molecule has 1 aromatic heterocycles. The van der Waals surface area contributed by atoms with Gasteiger partial charge in [-0.2, -0.15) is 0 Å². The number of rotatable bonds is 4. The van der Waals surface area contributed by atoms with Gasteiger partial charge in [0.15, 0.2) is 0 Å². The van der Waals surface area contributed by atoms with Crippen LogP contribution < -0.4 is 5.73 Å². The van der Waals surface area contributed by atoms with Gasteiger partial charge in [-0.3, -0.25) is 4.98 Å². The first-order valence-electron chi connectivity index (χ1n) is 8.02. The van der Waals surface area contributed by atoms with Gasteiger partial charge in [-0.1, -0.05) is 12.5 Å². The average Bonchev–Trinajstić information content (AvgIpc) is 3.07. The molecule has 0 spiro atoms. The second kappa shape index (κ2) is 4.59. The third-order valence-corrected chi connectivity index (χ3v) is 5.63. The van der Waals surface area contributed by atoms with E-state index in [9.17, 15) is 0 Å². The van der Waals surface area contributed by atoms with Gasteiger partial charge in [-0.25, -0.2) is 0 Å². The smallest absolute Gasteiger partial charge is 0.0543 e. The van der Waals surface area contributed by atoms with Gasteiger partial charge < -0.3 is 5.73 Å². The molecule has 3 aliphatic rings. The molecule has 2 heteroatoms. The molecule has 19 heavy (non-hydrogen) atoms. The topological polar surface area (TPSA) is 38.9 Å². The lowest BCUT2D eigenvalue weighted by molar-refractivity contribution is 0.328. The Balaban J connectivity index is 1.58. The van der Waals surface area contributed by atoms with Crippen LogP contribution in [0.25, 0.3) is 0 Å². The quantitative estimate of drug-likeness (QED) is 0.896. The highest BCUT2D eigenvalue weighted by atomic mass is 14.8. The molecule has 2 nitrogen and oxygen atoms in total. The zero-order valence-corrected chi connectivity index (χ0v) is 11.6. The molecular formula is C17H24N2. The van der Waals surface area contributed by atoms with Crippen molar-refractivity contribution >= 4 is 0 Å². The summed E-state index contributed by atoms with van der Waals surface area (Å²) < 4.78 is 0. The maximum atomic E-state index is 5.77. The van der Waals surface area contributed by atoms with Crippen molar-refractivity contribution < 1.29 is 0 Å². The van der Waals surface area contributed by atoms with Crippen LogP contribution in [0.5, 0.6) is 0 Å². The molecular weight excluding hydrogens is 232 g/mol. The number of nitrogens with zero attached hydrogens (tertiary/aromatic N) is 1. The predicted octanol–water partition coefficient (Wildman–Crippen LogP) is 3.40. The summed E-state index contributed by atoms with van der Waals surface area (Å²) >= 11 is 0. The average molecular weight is 256 g/mol. The number of hydrogen-bond acceptors (Lipinski definition) is 2. The summed E-state index contributed by atoms with van der Waals surface area (Å²) in [7, 11) is 0. The van der Waals surface area contributed by atoms with E-state index < -0.39 is 0 Å². The minimum Gasteiger partial charge on any atom is -0.325 e. The van der Waals surface area contributed by atoms with Crippen molar-refractivity contribution in [3.05, 3.63) is 29.1 Å². The van der Waals surface area contributed by atoms with Crippen molar-refractivity contribution in [1.82, 2.24) is 4.98 Å². The van der Waals surface area contributed by atoms with Gasteiger partial charge in [0.05, 0.1) is 5.69 Å². The second-order valence-corrected chi connectivity index (χ2v) is 6.96. The molecule has 102 valence electrons. The van der Waals surface area contributed by atoms with Gasteiger partial charge in [-0.15, -0.1) is 0 Å². The third kappa shape index (κ3) is 2.20. The van der Waals surface area contributed by atoms with Crippen molar-refractivity contribution in [2.45, 2.75) is 57.4 Å². The largest absolute Gasteiger partial charge is 0.325 e. The lowest BCUT2D eigenvalue weighted by atomic mass is 9.84. The molecule has 2 bridgehead atoms. The van der Waals surface area contributed by atoms with Crippen molar-refractivity contribution in [2.24, 2.45) is 23.5 Å². The molecule has 0 aromatic carbocycles. The normalized spacial score (nSPS) is 33.0. The molecule has 0 radical (unpaired) electrons. The summed E-state index contributed by atoms with van der Waals surface area (Å²) in [6, 6.07) is 4.45. The van der Waals surface area contributed by atoms with E-state index in [1.54, 1.807) is 5.56 Å². The predicted molar refractivity (Wildman–Crippen MR) is 76.7 cm³/mol. The van der Waals surface area contributed by atoms with Crippen molar-refractivity contribution in [3.8, 4) is 0 Å². The minimum absolute atomic E-state index is 0.578. The molecule has 3 atom stereocenters. The zero-order chi connectivity index (χ0) is 12.8. The molecule has 3 fully saturated rings. The van der Waals surface area contributed by atoms with E-state index in [1.165, 1.54) is 50.6 Å². The van der Waals surface area contributed by atoms with E-state index in [4.69, 9.17) is 10.7 Å². The number of pyridine rings is 1. The van der Waals surface area contributed by atoms with Gasteiger partial charge in [0.2, 0.25) is 0 Å². The Labute approximate surface area is 115 Å². The summed E-state index contributed by atoms with van der Waals surface area (Å²) in [5.74, 6) is 3.77. The molecule has 3 saturated carbocycles. The molecule has 1 unspecified atom stereocenters.